The quantitative estimate of drug-likeness (QED) is 0.838. The Morgan fingerprint density at radius 1 is 1.35 bits per heavy atom. The number of carbonyl (C=O) groups is 1. The van der Waals surface area contributed by atoms with E-state index in [0.717, 1.165) is 15.3 Å². The summed E-state index contributed by atoms with van der Waals surface area (Å²) in [6.45, 7) is 8.95. The van der Waals surface area contributed by atoms with Gasteiger partial charge in [-0.3, -0.25) is 14.2 Å². The Morgan fingerprint density at radius 2 is 2.00 bits per heavy atom. The van der Waals surface area contributed by atoms with Gasteiger partial charge in [0.25, 0.3) is 5.56 Å². The maximum absolute atomic E-state index is 12.6. The minimum absolute atomic E-state index is 0.0156. The number of aromatic nitrogens is 2. The predicted octanol–water partition coefficient (Wildman–Crippen LogP) is 1.71. The summed E-state index contributed by atoms with van der Waals surface area (Å²) in [6, 6.07) is 0. The molecule has 0 saturated carbocycles. The molecule has 2 aromatic heterocycles. The molecule has 1 saturated heterocycles. The lowest BCUT2D eigenvalue weighted by molar-refractivity contribution is -0.143. The zero-order chi connectivity index (χ0) is 16.7. The standard InChI is InChI=1S/C16H21N3O3S/c1-9-5-18(6-10(2)22-9)13(20)7-19-8-17-15-14(16(19)21)11(3)12(4)23-15/h8-10H,5-7H2,1-4H3/t9-,10-/m1/s1. The Morgan fingerprint density at radius 3 is 2.65 bits per heavy atom. The highest BCUT2D eigenvalue weighted by atomic mass is 32.1. The molecule has 1 fully saturated rings. The Labute approximate surface area is 138 Å². The highest BCUT2D eigenvalue weighted by molar-refractivity contribution is 7.18. The van der Waals surface area contributed by atoms with Crippen molar-refractivity contribution < 1.29 is 9.53 Å². The van der Waals surface area contributed by atoms with Crippen LogP contribution in [0, 0.1) is 13.8 Å². The van der Waals surface area contributed by atoms with Crippen LogP contribution in [0.1, 0.15) is 24.3 Å². The van der Waals surface area contributed by atoms with E-state index in [1.165, 1.54) is 22.2 Å². The molecule has 0 spiro atoms. The van der Waals surface area contributed by atoms with Crippen molar-refractivity contribution in [3.8, 4) is 0 Å². The van der Waals surface area contributed by atoms with E-state index in [4.69, 9.17) is 4.74 Å². The van der Waals surface area contributed by atoms with Gasteiger partial charge in [0.05, 0.1) is 23.9 Å². The highest BCUT2D eigenvalue weighted by Gasteiger charge is 2.26. The molecule has 3 rings (SSSR count). The Balaban J connectivity index is 1.87. The van der Waals surface area contributed by atoms with Crippen molar-refractivity contribution in [3.63, 3.8) is 0 Å². The molecule has 0 unspecified atom stereocenters. The fraction of sp³-hybridized carbons (Fsp3) is 0.562. The van der Waals surface area contributed by atoms with Gasteiger partial charge in [0.2, 0.25) is 5.91 Å². The van der Waals surface area contributed by atoms with Crippen LogP contribution in [-0.2, 0) is 16.1 Å². The second-order valence-electron chi connectivity index (χ2n) is 6.20. The van der Waals surface area contributed by atoms with Crippen molar-refractivity contribution >= 4 is 27.5 Å². The molecule has 1 amide bonds. The molecular formula is C16H21N3O3S. The summed E-state index contributed by atoms with van der Waals surface area (Å²) in [7, 11) is 0. The van der Waals surface area contributed by atoms with E-state index in [1.54, 1.807) is 4.90 Å². The van der Waals surface area contributed by atoms with Crippen molar-refractivity contribution in [1.29, 1.82) is 0 Å². The first kappa shape index (κ1) is 16.1. The van der Waals surface area contributed by atoms with Gasteiger partial charge in [-0.1, -0.05) is 0 Å². The third-order valence-corrected chi connectivity index (χ3v) is 5.35. The Kier molecular flexibility index (Phi) is 4.25. The van der Waals surface area contributed by atoms with Crippen LogP contribution in [0.25, 0.3) is 10.2 Å². The van der Waals surface area contributed by atoms with Crippen LogP contribution in [0.3, 0.4) is 0 Å². The van der Waals surface area contributed by atoms with Crippen molar-refractivity contribution in [3.05, 3.63) is 27.1 Å². The summed E-state index contributed by atoms with van der Waals surface area (Å²) >= 11 is 1.51. The van der Waals surface area contributed by atoms with Crippen molar-refractivity contribution in [1.82, 2.24) is 14.5 Å². The van der Waals surface area contributed by atoms with Gasteiger partial charge in [0.15, 0.2) is 0 Å². The molecule has 3 heterocycles. The highest BCUT2D eigenvalue weighted by Crippen LogP contribution is 2.25. The molecule has 124 valence electrons. The number of morpholine rings is 1. The smallest absolute Gasteiger partial charge is 0.262 e. The summed E-state index contributed by atoms with van der Waals surface area (Å²) in [6.07, 6.45) is 1.51. The van der Waals surface area contributed by atoms with E-state index in [9.17, 15) is 9.59 Å². The molecule has 2 atom stereocenters. The van der Waals surface area contributed by atoms with Crippen LogP contribution in [0.4, 0.5) is 0 Å². The number of amides is 1. The largest absolute Gasteiger partial charge is 0.372 e. The van der Waals surface area contributed by atoms with Crippen LogP contribution in [-0.4, -0.2) is 45.7 Å². The first-order chi connectivity index (χ1) is 10.9. The average Bonchev–Trinajstić information content (AvgIpc) is 2.77. The SMILES string of the molecule is Cc1sc2ncn(CC(=O)N3C[C@@H](C)O[C@H](C)C3)c(=O)c2c1C. The van der Waals surface area contributed by atoms with E-state index in [-0.39, 0.29) is 30.2 Å². The minimum Gasteiger partial charge on any atom is -0.372 e. The summed E-state index contributed by atoms with van der Waals surface area (Å²) in [5.74, 6) is -0.0696. The number of aryl methyl sites for hydroxylation is 2. The molecule has 0 radical (unpaired) electrons. The number of hydrogen-bond donors (Lipinski definition) is 0. The second-order valence-corrected chi connectivity index (χ2v) is 7.40. The molecular weight excluding hydrogens is 314 g/mol. The van der Waals surface area contributed by atoms with Crippen LogP contribution >= 0.6 is 11.3 Å². The molecule has 23 heavy (non-hydrogen) atoms. The lowest BCUT2D eigenvalue weighted by Gasteiger charge is -2.35. The third kappa shape index (κ3) is 3.03. The topological polar surface area (TPSA) is 64.4 Å². The maximum Gasteiger partial charge on any atom is 0.262 e. The van der Waals surface area contributed by atoms with E-state index in [0.29, 0.717) is 18.5 Å². The van der Waals surface area contributed by atoms with Gasteiger partial charge in [-0.25, -0.2) is 4.98 Å². The van der Waals surface area contributed by atoms with Crippen molar-refractivity contribution in [2.24, 2.45) is 0 Å². The van der Waals surface area contributed by atoms with Crippen LogP contribution in [0.15, 0.2) is 11.1 Å². The van der Waals surface area contributed by atoms with Gasteiger partial charge < -0.3 is 9.64 Å². The molecule has 2 aromatic rings. The zero-order valence-electron chi connectivity index (χ0n) is 13.8. The number of thiophene rings is 1. The molecule has 1 aliphatic heterocycles. The molecule has 0 aromatic carbocycles. The van der Waals surface area contributed by atoms with Gasteiger partial charge in [0, 0.05) is 18.0 Å². The fourth-order valence-corrected chi connectivity index (χ4v) is 4.00. The maximum atomic E-state index is 12.6. The predicted molar refractivity (Wildman–Crippen MR) is 89.9 cm³/mol. The van der Waals surface area contributed by atoms with Gasteiger partial charge in [-0.2, -0.15) is 0 Å². The number of rotatable bonds is 2. The molecule has 7 heteroatoms. The number of nitrogens with zero attached hydrogens (tertiary/aromatic N) is 3. The molecule has 0 aliphatic carbocycles. The first-order valence-corrected chi connectivity index (χ1v) is 8.57. The molecule has 1 aliphatic rings. The van der Waals surface area contributed by atoms with Gasteiger partial charge in [-0.05, 0) is 33.3 Å². The lowest BCUT2D eigenvalue weighted by atomic mass is 10.2. The minimum atomic E-state index is -0.139. The summed E-state index contributed by atoms with van der Waals surface area (Å²) in [5, 5.41) is 0.631. The molecule has 0 N–H and O–H groups in total. The Hall–Kier alpha value is -1.73. The normalized spacial score (nSPS) is 21.8. The van der Waals surface area contributed by atoms with E-state index in [1.807, 2.05) is 27.7 Å². The van der Waals surface area contributed by atoms with Gasteiger partial charge in [-0.15, -0.1) is 11.3 Å². The van der Waals surface area contributed by atoms with Crippen LogP contribution < -0.4 is 5.56 Å². The number of ether oxygens (including phenoxy) is 1. The van der Waals surface area contributed by atoms with Crippen molar-refractivity contribution in [2.45, 2.75) is 46.4 Å². The zero-order valence-corrected chi connectivity index (χ0v) is 14.6. The summed E-state index contributed by atoms with van der Waals surface area (Å²) in [5.41, 5.74) is 0.817. The van der Waals surface area contributed by atoms with Gasteiger partial charge >= 0.3 is 0 Å². The average molecular weight is 335 g/mol. The Bertz CT molecular complexity index is 801. The monoisotopic (exact) mass is 335 g/mol. The van der Waals surface area contributed by atoms with Crippen molar-refractivity contribution in [2.75, 3.05) is 13.1 Å². The third-order valence-electron chi connectivity index (χ3n) is 4.23. The number of hydrogen-bond acceptors (Lipinski definition) is 5. The number of fused-ring (bicyclic) bond motifs is 1. The van der Waals surface area contributed by atoms with E-state index < -0.39 is 0 Å². The molecule has 0 bridgehead atoms. The summed E-state index contributed by atoms with van der Waals surface area (Å²) in [4.78, 5) is 33.1. The first-order valence-electron chi connectivity index (χ1n) is 7.75. The lowest BCUT2D eigenvalue weighted by Crippen LogP contribution is -2.49. The summed E-state index contributed by atoms with van der Waals surface area (Å²) < 4.78 is 7.05. The fourth-order valence-electron chi connectivity index (χ4n) is 3.01. The van der Waals surface area contributed by atoms with Crippen LogP contribution in [0.2, 0.25) is 0 Å². The van der Waals surface area contributed by atoms with Gasteiger partial charge in [0.1, 0.15) is 11.4 Å². The molecule has 6 nitrogen and oxygen atoms in total. The van der Waals surface area contributed by atoms with E-state index >= 15 is 0 Å². The number of carbonyl (C=O) groups excluding carboxylic acids is 1. The second kappa shape index (κ2) is 6.05. The van der Waals surface area contributed by atoms with Crippen LogP contribution in [0.5, 0.6) is 0 Å². The van der Waals surface area contributed by atoms with E-state index in [2.05, 4.69) is 4.98 Å².